The molecule has 0 bridgehead atoms. The summed E-state index contributed by atoms with van der Waals surface area (Å²) in [6, 6.07) is 0. The van der Waals surface area contributed by atoms with E-state index in [2.05, 4.69) is 0 Å². The molecule has 0 atom stereocenters. The Morgan fingerprint density at radius 3 is 0.909 bits per heavy atom. The molecule has 0 aromatic rings. The van der Waals surface area contributed by atoms with Crippen molar-refractivity contribution >= 4 is 0 Å². The maximum atomic E-state index is 11.6. The third-order valence-electron chi connectivity index (χ3n) is 1.41. The first-order valence-corrected chi connectivity index (χ1v) is 2.68. The van der Waals surface area contributed by atoms with Crippen LogP contribution in [-0.2, 0) is 0 Å². The highest BCUT2D eigenvalue weighted by atomic mass is 19.3. The molecular weight excluding hydrogens is 174 g/mol. The molecule has 0 radical (unpaired) electrons. The van der Waals surface area contributed by atoms with E-state index < -0.39 is 24.7 Å². The summed E-state index contributed by atoms with van der Waals surface area (Å²) in [4.78, 5) is 0. The van der Waals surface area contributed by atoms with Gasteiger partial charge in [0.25, 0.3) is 19.3 Å². The van der Waals surface area contributed by atoms with Crippen LogP contribution in [0.15, 0.2) is 0 Å². The Morgan fingerprint density at radius 1 is 0.727 bits per heavy atom. The van der Waals surface area contributed by atoms with Gasteiger partial charge in [-0.2, -0.15) is 0 Å². The van der Waals surface area contributed by atoms with E-state index in [0.717, 1.165) is 0 Å². The summed E-state index contributed by atoms with van der Waals surface area (Å²) in [6.07, 6.45) is -11.2. The molecule has 6 heteroatoms. The molecular formula is C5H6F6. The highest BCUT2D eigenvalue weighted by Gasteiger charge is 2.52. The minimum absolute atomic E-state index is 0.160. The molecule has 11 heavy (non-hydrogen) atoms. The molecule has 0 amide bonds. The van der Waals surface area contributed by atoms with E-state index in [1.54, 1.807) is 0 Å². The first-order valence-electron chi connectivity index (χ1n) is 2.68. The van der Waals surface area contributed by atoms with Gasteiger partial charge in [0.1, 0.15) is 5.41 Å². The predicted octanol–water partition coefficient (Wildman–Crippen LogP) is 2.79. The SMILES string of the molecule is CC(C(F)F)(C(F)F)C(F)F. The number of hydrogen-bond acceptors (Lipinski definition) is 0. The molecule has 0 heterocycles. The van der Waals surface area contributed by atoms with Gasteiger partial charge in [-0.15, -0.1) is 0 Å². The third-order valence-corrected chi connectivity index (χ3v) is 1.41. The van der Waals surface area contributed by atoms with Crippen LogP contribution in [0.4, 0.5) is 26.3 Å². The molecule has 68 valence electrons. The zero-order chi connectivity index (χ0) is 9.23. The molecule has 0 saturated heterocycles. The normalized spacial score (nSPS) is 13.6. The van der Waals surface area contributed by atoms with E-state index in [1.807, 2.05) is 0 Å². The molecule has 0 aliphatic rings. The van der Waals surface area contributed by atoms with Crippen LogP contribution in [0.3, 0.4) is 0 Å². The lowest BCUT2D eigenvalue weighted by molar-refractivity contribution is -0.172. The summed E-state index contributed by atoms with van der Waals surface area (Å²) in [5, 5.41) is 0. The van der Waals surface area contributed by atoms with E-state index in [9.17, 15) is 26.3 Å². The van der Waals surface area contributed by atoms with Gasteiger partial charge < -0.3 is 0 Å². The fourth-order valence-electron chi connectivity index (χ4n) is 0.286. The van der Waals surface area contributed by atoms with Crippen LogP contribution in [0, 0.1) is 5.41 Å². The van der Waals surface area contributed by atoms with Crippen molar-refractivity contribution in [2.45, 2.75) is 26.2 Å². The molecule has 0 spiro atoms. The molecule has 0 unspecified atom stereocenters. The van der Waals surface area contributed by atoms with Gasteiger partial charge in [-0.3, -0.25) is 0 Å². The van der Waals surface area contributed by atoms with E-state index in [0.29, 0.717) is 0 Å². The molecule has 0 nitrogen and oxygen atoms in total. The molecule has 0 fully saturated rings. The Balaban J connectivity index is 4.53. The van der Waals surface area contributed by atoms with Gasteiger partial charge in [0, 0.05) is 0 Å². The van der Waals surface area contributed by atoms with Crippen LogP contribution < -0.4 is 0 Å². The summed E-state index contributed by atoms with van der Waals surface area (Å²) >= 11 is 0. The van der Waals surface area contributed by atoms with Gasteiger partial charge in [-0.1, -0.05) is 0 Å². The Labute approximate surface area is 59.2 Å². The zero-order valence-electron chi connectivity index (χ0n) is 5.50. The Morgan fingerprint density at radius 2 is 0.909 bits per heavy atom. The Bertz CT molecular complexity index is 98.4. The number of rotatable bonds is 3. The minimum Gasteiger partial charge on any atom is -0.209 e. The van der Waals surface area contributed by atoms with Gasteiger partial charge in [-0.05, 0) is 6.92 Å². The Hall–Kier alpha value is -0.420. The van der Waals surface area contributed by atoms with Crippen LogP contribution >= 0.6 is 0 Å². The average molecular weight is 180 g/mol. The van der Waals surface area contributed by atoms with Crippen LogP contribution in [0.1, 0.15) is 6.92 Å². The van der Waals surface area contributed by atoms with E-state index in [-0.39, 0.29) is 6.92 Å². The van der Waals surface area contributed by atoms with Crippen molar-refractivity contribution < 1.29 is 26.3 Å². The topological polar surface area (TPSA) is 0 Å². The monoisotopic (exact) mass is 180 g/mol. The van der Waals surface area contributed by atoms with Crippen LogP contribution in [-0.4, -0.2) is 19.3 Å². The quantitative estimate of drug-likeness (QED) is 0.586. The predicted molar refractivity (Wildman–Crippen MR) is 26.1 cm³/mol. The van der Waals surface area contributed by atoms with Gasteiger partial charge in [0.05, 0.1) is 0 Å². The number of hydrogen-bond donors (Lipinski definition) is 0. The minimum atomic E-state index is -3.72. The first kappa shape index (κ1) is 10.6. The molecule has 0 aliphatic heterocycles. The summed E-state index contributed by atoms with van der Waals surface area (Å²) in [7, 11) is 0. The standard InChI is InChI=1S/C5H6F6/c1-5(2(6)7,3(8)9)4(10)11/h2-4H,1H3. The lowest BCUT2D eigenvalue weighted by Gasteiger charge is -2.26. The number of halogens is 6. The maximum Gasteiger partial charge on any atom is 0.254 e. The third kappa shape index (κ3) is 1.78. The zero-order valence-corrected chi connectivity index (χ0v) is 5.50. The average Bonchev–Trinajstić information content (AvgIpc) is 1.84. The largest absolute Gasteiger partial charge is 0.254 e. The lowest BCUT2D eigenvalue weighted by atomic mass is 9.93. The second kappa shape index (κ2) is 3.32. The maximum absolute atomic E-state index is 11.6. The second-order valence-electron chi connectivity index (χ2n) is 2.27. The number of alkyl halides is 6. The van der Waals surface area contributed by atoms with Crippen molar-refractivity contribution in [3.8, 4) is 0 Å². The fraction of sp³-hybridized carbons (Fsp3) is 1.00. The van der Waals surface area contributed by atoms with Gasteiger partial charge in [0.15, 0.2) is 0 Å². The highest BCUT2D eigenvalue weighted by molar-refractivity contribution is 4.82. The van der Waals surface area contributed by atoms with Crippen LogP contribution in [0.2, 0.25) is 0 Å². The summed E-state index contributed by atoms with van der Waals surface area (Å²) in [5.41, 5.74) is -3.50. The van der Waals surface area contributed by atoms with Crippen molar-refractivity contribution in [1.82, 2.24) is 0 Å². The van der Waals surface area contributed by atoms with E-state index in [4.69, 9.17) is 0 Å². The summed E-state index contributed by atoms with van der Waals surface area (Å²) < 4.78 is 69.8. The van der Waals surface area contributed by atoms with Gasteiger partial charge in [-0.25, -0.2) is 26.3 Å². The van der Waals surface area contributed by atoms with Crippen LogP contribution in [0.25, 0.3) is 0 Å². The van der Waals surface area contributed by atoms with Crippen molar-refractivity contribution in [3.05, 3.63) is 0 Å². The summed E-state index contributed by atoms with van der Waals surface area (Å²) in [6.45, 7) is 0.160. The van der Waals surface area contributed by atoms with Crippen LogP contribution in [0.5, 0.6) is 0 Å². The van der Waals surface area contributed by atoms with E-state index >= 15 is 0 Å². The van der Waals surface area contributed by atoms with Gasteiger partial charge in [0.2, 0.25) is 0 Å². The van der Waals surface area contributed by atoms with Gasteiger partial charge >= 0.3 is 0 Å². The molecule has 0 rings (SSSR count). The molecule has 0 aromatic carbocycles. The highest BCUT2D eigenvalue weighted by Crippen LogP contribution is 2.38. The molecule has 0 N–H and O–H groups in total. The molecule has 0 aromatic heterocycles. The van der Waals surface area contributed by atoms with Crippen molar-refractivity contribution in [2.24, 2.45) is 5.41 Å². The first-order chi connectivity index (χ1) is 4.83. The van der Waals surface area contributed by atoms with Crippen molar-refractivity contribution in [1.29, 1.82) is 0 Å². The smallest absolute Gasteiger partial charge is 0.209 e. The second-order valence-corrected chi connectivity index (χ2v) is 2.27. The fourth-order valence-corrected chi connectivity index (χ4v) is 0.286. The molecule has 0 aliphatic carbocycles. The van der Waals surface area contributed by atoms with E-state index in [1.165, 1.54) is 0 Å². The molecule has 0 saturated carbocycles. The van der Waals surface area contributed by atoms with Crippen molar-refractivity contribution in [3.63, 3.8) is 0 Å². The summed E-state index contributed by atoms with van der Waals surface area (Å²) in [5.74, 6) is 0. The Kier molecular flexibility index (Phi) is 3.19. The lowest BCUT2D eigenvalue weighted by Crippen LogP contribution is -2.40. The van der Waals surface area contributed by atoms with Crippen molar-refractivity contribution in [2.75, 3.05) is 0 Å².